The molecule has 0 aliphatic carbocycles. The lowest BCUT2D eigenvalue weighted by molar-refractivity contribution is 0.252. The lowest BCUT2D eigenvalue weighted by Gasteiger charge is -2.06. The van der Waals surface area contributed by atoms with Gasteiger partial charge in [0.25, 0.3) is 0 Å². The summed E-state index contributed by atoms with van der Waals surface area (Å²) >= 11 is 0. The van der Waals surface area contributed by atoms with Crippen LogP contribution in [-0.4, -0.2) is 28.8 Å². The third-order valence-electron chi connectivity index (χ3n) is 1.76. The molecule has 0 saturated carbocycles. The number of amides is 2. The Kier molecular flexibility index (Phi) is 4.91. The van der Waals surface area contributed by atoms with E-state index in [1.54, 1.807) is 12.3 Å². The largest absolute Gasteiger partial charge is 0.337 e. The summed E-state index contributed by atoms with van der Waals surface area (Å²) in [4.78, 5) is 11.3. The highest BCUT2D eigenvalue weighted by atomic mass is 32.2. The van der Waals surface area contributed by atoms with E-state index in [0.29, 0.717) is 18.0 Å². The van der Waals surface area contributed by atoms with Crippen molar-refractivity contribution in [1.29, 1.82) is 0 Å². The minimum Gasteiger partial charge on any atom is -0.337 e. The van der Waals surface area contributed by atoms with Crippen molar-refractivity contribution < 1.29 is 13.4 Å². The molecule has 88 valence electrons. The molecule has 0 radical (unpaired) electrons. The van der Waals surface area contributed by atoms with Crippen LogP contribution >= 0.6 is 0 Å². The predicted molar refractivity (Wildman–Crippen MR) is 62.4 cm³/mol. The molecule has 0 saturated heterocycles. The number of halogens is 1. The molecule has 1 rings (SSSR count). The molecule has 0 aliphatic heterocycles. The van der Waals surface area contributed by atoms with E-state index in [0.717, 1.165) is 0 Å². The van der Waals surface area contributed by atoms with Gasteiger partial charge in [-0.1, -0.05) is 6.07 Å². The van der Waals surface area contributed by atoms with Gasteiger partial charge in [0.15, 0.2) is 0 Å². The molecule has 4 nitrogen and oxygen atoms in total. The van der Waals surface area contributed by atoms with Crippen molar-refractivity contribution in [1.82, 2.24) is 5.32 Å². The molecular weight excluding hydrogens is 231 g/mol. The number of rotatable bonds is 4. The number of benzene rings is 1. The average molecular weight is 244 g/mol. The standard InChI is InChI=1S/C10H13FN2O2S/c1-16(15)6-5-12-10(14)13-9-4-2-3-8(11)7-9/h2-4,7H,5-6H2,1H3,(H2,12,13,14). The van der Waals surface area contributed by atoms with Crippen LogP contribution in [0.5, 0.6) is 0 Å². The monoisotopic (exact) mass is 244 g/mol. The van der Waals surface area contributed by atoms with Crippen LogP contribution in [0.1, 0.15) is 0 Å². The van der Waals surface area contributed by atoms with Crippen molar-refractivity contribution in [3.05, 3.63) is 30.1 Å². The second-order valence-electron chi connectivity index (χ2n) is 3.17. The lowest BCUT2D eigenvalue weighted by Crippen LogP contribution is -2.31. The molecule has 0 aromatic heterocycles. The minimum absolute atomic E-state index is 0.324. The number of anilines is 1. The zero-order valence-electron chi connectivity index (χ0n) is 8.83. The van der Waals surface area contributed by atoms with Crippen molar-refractivity contribution in [2.24, 2.45) is 0 Å². The summed E-state index contributed by atoms with van der Waals surface area (Å²) in [7, 11) is -0.935. The van der Waals surface area contributed by atoms with Crippen molar-refractivity contribution in [2.45, 2.75) is 0 Å². The van der Waals surface area contributed by atoms with Gasteiger partial charge in [-0.05, 0) is 18.2 Å². The first-order valence-electron chi connectivity index (χ1n) is 4.68. The van der Waals surface area contributed by atoms with E-state index in [9.17, 15) is 13.4 Å². The van der Waals surface area contributed by atoms with Crippen LogP contribution in [0.15, 0.2) is 24.3 Å². The summed E-state index contributed by atoms with van der Waals surface area (Å²) in [6.45, 7) is 0.324. The number of hydrogen-bond donors (Lipinski definition) is 2. The van der Waals surface area contributed by atoms with E-state index in [1.165, 1.54) is 18.2 Å². The molecule has 0 heterocycles. The Labute approximate surface area is 95.7 Å². The van der Waals surface area contributed by atoms with Gasteiger partial charge in [-0.25, -0.2) is 9.18 Å². The quantitative estimate of drug-likeness (QED) is 0.839. The fourth-order valence-corrected chi connectivity index (χ4v) is 1.44. The molecule has 2 N–H and O–H groups in total. The third kappa shape index (κ3) is 4.88. The Hall–Kier alpha value is -1.43. The van der Waals surface area contributed by atoms with Crippen molar-refractivity contribution >= 4 is 22.5 Å². The van der Waals surface area contributed by atoms with E-state index in [4.69, 9.17) is 0 Å². The molecular formula is C10H13FN2O2S. The van der Waals surface area contributed by atoms with Crippen LogP contribution in [0, 0.1) is 5.82 Å². The first kappa shape index (κ1) is 12.6. The van der Waals surface area contributed by atoms with E-state index in [1.807, 2.05) is 0 Å². The maximum Gasteiger partial charge on any atom is 0.319 e. The van der Waals surface area contributed by atoms with Crippen LogP contribution in [0.25, 0.3) is 0 Å². The van der Waals surface area contributed by atoms with Gasteiger partial charge in [-0.2, -0.15) is 0 Å². The minimum atomic E-state index is -0.935. The fourth-order valence-electron chi connectivity index (χ4n) is 1.05. The van der Waals surface area contributed by atoms with E-state index in [-0.39, 0.29) is 0 Å². The van der Waals surface area contributed by atoms with Gasteiger partial charge in [0.05, 0.1) is 0 Å². The summed E-state index contributed by atoms with van der Waals surface area (Å²) in [5.74, 6) is -0.0104. The second kappa shape index (κ2) is 6.22. The molecule has 0 aliphatic rings. The summed E-state index contributed by atoms with van der Waals surface area (Å²) in [6, 6.07) is 5.17. The third-order valence-corrected chi connectivity index (χ3v) is 2.54. The SMILES string of the molecule is CS(=O)CCNC(=O)Nc1cccc(F)c1. The summed E-state index contributed by atoms with van der Waals surface area (Å²) in [6.07, 6.45) is 1.56. The average Bonchev–Trinajstić information content (AvgIpc) is 2.16. The molecule has 1 atom stereocenters. The first-order chi connectivity index (χ1) is 7.58. The molecule has 1 aromatic carbocycles. The van der Waals surface area contributed by atoms with Gasteiger partial charge < -0.3 is 10.6 Å². The summed E-state index contributed by atoms with van der Waals surface area (Å²) in [5, 5.41) is 4.98. The molecule has 2 amide bonds. The smallest absolute Gasteiger partial charge is 0.319 e. The molecule has 0 spiro atoms. The van der Waals surface area contributed by atoms with E-state index in [2.05, 4.69) is 10.6 Å². The molecule has 1 aromatic rings. The number of urea groups is 1. The van der Waals surface area contributed by atoms with Crippen LogP contribution in [0.3, 0.4) is 0 Å². The van der Waals surface area contributed by atoms with Gasteiger partial charge in [-0.15, -0.1) is 0 Å². The molecule has 0 bridgehead atoms. The predicted octanol–water partition coefficient (Wildman–Crippen LogP) is 1.33. The zero-order valence-corrected chi connectivity index (χ0v) is 9.64. The highest BCUT2D eigenvalue weighted by molar-refractivity contribution is 7.84. The number of hydrogen-bond acceptors (Lipinski definition) is 2. The van der Waals surface area contributed by atoms with Crippen molar-refractivity contribution in [3.63, 3.8) is 0 Å². The number of nitrogens with one attached hydrogen (secondary N) is 2. The van der Waals surface area contributed by atoms with Gasteiger partial charge in [0.2, 0.25) is 0 Å². The molecule has 16 heavy (non-hydrogen) atoms. The Morgan fingerprint density at radius 3 is 2.88 bits per heavy atom. The van der Waals surface area contributed by atoms with Crippen LogP contribution < -0.4 is 10.6 Å². The summed E-state index contributed by atoms with van der Waals surface area (Å²) < 4.78 is 23.5. The van der Waals surface area contributed by atoms with Crippen LogP contribution in [0.4, 0.5) is 14.9 Å². The lowest BCUT2D eigenvalue weighted by atomic mass is 10.3. The molecule has 0 fully saturated rings. The van der Waals surface area contributed by atoms with Crippen molar-refractivity contribution in [2.75, 3.05) is 23.9 Å². The van der Waals surface area contributed by atoms with Gasteiger partial charge in [0, 0.05) is 35.0 Å². The maximum absolute atomic E-state index is 12.8. The molecule has 6 heteroatoms. The second-order valence-corrected chi connectivity index (χ2v) is 4.72. The Balaban J connectivity index is 2.37. The first-order valence-corrected chi connectivity index (χ1v) is 6.41. The molecule has 1 unspecified atom stereocenters. The number of carbonyl (C=O) groups excluding carboxylic acids is 1. The number of carbonyl (C=O) groups is 1. The van der Waals surface area contributed by atoms with Crippen LogP contribution in [-0.2, 0) is 10.8 Å². The zero-order chi connectivity index (χ0) is 12.0. The van der Waals surface area contributed by atoms with Gasteiger partial charge in [0.1, 0.15) is 5.82 Å². The maximum atomic E-state index is 12.8. The van der Waals surface area contributed by atoms with Crippen LogP contribution in [0.2, 0.25) is 0 Å². The van der Waals surface area contributed by atoms with Gasteiger partial charge >= 0.3 is 6.03 Å². The Morgan fingerprint density at radius 2 is 2.25 bits per heavy atom. The van der Waals surface area contributed by atoms with E-state index < -0.39 is 22.6 Å². The highest BCUT2D eigenvalue weighted by Gasteiger charge is 2.01. The normalized spacial score (nSPS) is 11.9. The Bertz CT molecular complexity index is 398. The summed E-state index contributed by atoms with van der Waals surface area (Å²) in [5.41, 5.74) is 0.384. The van der Waals surface area contributed by atoms with E-state index >= 15 is 0 Å². The highest BCUT2D eigenvalue weighted by Crippen LogP contribution is 2.08. The topological polar surface area (TPSA) is 58.2 Å². The van der Waals surface area contributed by atoms with Gasteiger partial charge in [-0.3, -0.25) is 4.21 Å². The van der Waals surface area contributed by atoms with Crippen molar-refractivity contribution in [3.8, 4) is 0 Å². The Morgan fingerprint density at radius 1 is 1.50 bits per heavy atom. The fraction of sp³-hybridized carbons (Fsp3) is 0.300.